The maximum atomic E-state index is 12.4. The molecule has 1 aromatic carbocycles. The third-order valence-corrected chi connectivity index (χ3v) is 6.28. The number of nitrogens with one attached hydrogen (secondary N) is 2. The van der Waals surface area contributed by atoms with E-state index < -0.39 is 0 Å². The molecule has 0 saturated heterocycles. The van der Waals surface area contributed by atoms with Gasteiger partial charge < -0.3 is 10.6 Å². The Hall–Kier alpha value is -2.11. The second-order valence-corrected chi connectivity index (χ2v) is 8.86. The number of amides is 1. The molecule has 8 heteroatoms. The Morgan fingerprint density at radius 2 is 2.15 bits per heavy atom. The highest BCUT2D eigenvalue weighted by Crippen LogP contribution is 2.31. The molecule has 0 aliphatic heterocycles. The number of nitriles is 1. The summed E-state index contributed by atoms with van der Waals surface area (Å²) in [6.07, 6.45) is 6.22. The summed E-state index contributed by atoms with van der Waals surface area (Å²) in [7, 11) is 0. The number of rotatable bonds is 6. The second kappa shape index (κ2) is 9.01. The Labute approximate surface area is 161 Å². The van der Waals surface area contributed by atoms with Gasteiger partial charge in [-0.2, -0.15) is 5.26 Å². The molecule has 1 aliphatic carbocycles. The largest absolute Gasteiger partial charge is 0.357 e. The average molecular weight is 388 g/mol. The lowest BCUT2D eigenvalue weighted by Crippen LogP contribution is -2.22. The zero-order valence-corrected chi connectivity index (χ0v) is 16.2. The van der Waals surface area contributed by atoms with Gasteiger partial charge in [0.1, 0.15) is 0 Å². The fourth-order valence-corrected chi connectivity index (χ4v) is 4.83. The third-order valence-electron chi connectivity index (χ3n) is 4.25. The molecule has 1 aromatic heterocycles. The van der Waals surface area contributed by atoms with Crippen molar-refractivity contribution in [2.24, 2.45) is 0 Å². The van der Waals surface area contributed by atoms with Crippen molar-refractivity contribution in [2.45, 2.75) is 54.7 Å². The van der Waals surface area contributed by atoms with Gasteiger partial charge in [-0.15, -0.1) is 10.2 Å². The average Bonchev–Trinajstić information content (AvgIpc) is 3.09. The van der Waals surface area contributed by atoms with Crippen LogP contribution in [0.25, 0.3) is 0 Å². The van der Waals surface area contributed by atoms with Crippen molar-refractivity contribution in [2.75, 3.05) is 10.6 Å². The van der Waals surface area contributed by atoms with Crippen LogP contribution >= 0.6 is 23.1 Å². The SMILES string of the molecule is C[C@@H](Sc1nnc(NC2CCCCC2)s1)C(=O)Nc1cccc(C#N)c1. The molecule has 1 heterocycles. The normalized spacial score (nSPS) is 15.8. The van der Waals surface area contributed by atoms with Gasteiger partial charge in [-0.05, 0) is 38.0 Å². The smallest absolute Gasteiger partial charge is 0.237 e. The van der Waals surface area contributed by atoms with Crippen LogP contribution in [0.1, 0.15) is 44.6 Å². The lowest BCUT2D eigenvalue weighted by molar-refractivity contribution is -0.115. The quantitative estimate of drug-likeness (QED) is 0.719. The van der Waals surface area contributed by atoms with Gasteiger partial charge in [0, 0.05) is 11.7 Å². The minimum Gasteiger partial charge on any atom is -0.357 e. The molecule has 6 nitrogen and oxygen atoms in total. The zero-order chi connectivity index (χ0) is 18.4. The molecular weight excluding hydrogens is 366 g/mol. The van der Waals surface area contributed by atoms with Crippen LogP contribution in [0.3, 0.4) is 0 Å². The molecule has 1 aliphatic rings. The molecule has 0 bridgehead atoms. The summed E-state index contributed by atoms with van der Waals surface area (Å²) in [4.78, 5) is 12.4. The molecule has 0 radical (unpaired) electrons. The van der Waals surface area contributed by atoms with Crippen LogP contribution in [0.5, 0.6) is 0 Å². The summed E-state index contributed by atoms with van der Waals surface area (Å²) >= 11 is 2.88. The number of hydrogen-bond donors (Lipinski definition) is 2. The summed E-state index contributed by atoms with van der Waals surface area (Å²) < 4.78 is 0.775. The molecule has 2 aromatic rings. The van der Waals surface area contributed by atoms with Crippen LogP contribution in [0.15, 0.2) is 28.6 Å². The van der Waals surface area contributed by atoms with Crippen LogP contribution in [0.4, 0.5) is 10.8 Å². The van der Waals surface area contributed by atoms with E-state index >= 15 is 0 Å². The minimum absolute atomic E-state index is 0.123. The topological polar surface area (TPSA) is 90.7 Å². The molecule has 26 heavy (non-hydrogen) atoms. The number of thioether (sulfide) groups is 1. The van der Waals surface area contributed by atoms with Crippen molar-refractivity contribution < 1.29 is 4.79 Å². The molecule has 1 fully saturated rings. The van der Waals surface area contributed by atoms with Gasteiger partial charge in [0.05, 0.1) is 16.9 Å². The van der Waals surface area contributed by atoms with Crippen molar-refractivity contribution in [3.8, 4) is 6.07 Å². The molecule has 1 amide bonds. The molecular formula is C18H21N5OS2. The van der Waals surface area contributed by atoms with Crippen LogP contribution in [0, 0.1) is 11.3 Å². The van der Waals surface area contributed by atoms with Gasteiger partial charge >= 0.3 is 0 Å². The molecule has 0 unspecified atom stereocenters. The summed E-state index contributed by atoms with van der Waals surface area (Å²) in [6.45, 7) is 1.84. The third kappa shape index (κ3) is 5.19. The van der Waals surface area contributed by atoms with E-state index in [-0.39, 0.29) is 11.2 Å². The maximum Gasteiger partial charge on any atom is 0.237 e. The lowest BCUT2D eigenvalue weighted by Gasteiger charge is -2.21. The van der Waals surface area contributed by atoms with Crippen molar-refractivity contribution in [3.05, 3.63) is 29.8 Å². The van der Waals surface area contributed by atoms with Gasteiger partial charge in [0.25, 0.3) is 0 Å². The van der Waals surface area contributed by atoms with Crippen LogP contribution in [-0.2, 0) is 4.79 Å². The summed E-state index contributed by atoms with van der Waals surface area (Å²) in [5.74, 6) is -0.123. The Balaban J connectivity index is 1.53. The highest BCUT2D eigenvalue weighted by molar-refractivity contribution is 8.02. The molecule has 1 atom stereocenters. The van der Waals surface area contributed by atoms with Crippen molar-refractivity contribution in [1.29, 1.82) is 5.26 Å². The standard InChI is InChI=1S/C18H21N5OS2/c1-12(16(24)20-15-9-5-6-13(10-15)11-19)25-18-23-22-17(26-18)21-14-7-3-2-4-8-14/h5-6,9-10,12,14H,2-4,7-8H2,1H3,(H,20,24)(H,21,22)/t12-/m1/s1. The van der Waals surface area contributed by atoms with E-state index in [1.165, 1.54) is 55.2 Å². The second-order valence-electron chi connectivity index (χ2n) is 6.29. The number of hydrogen-bond acceptors (Lipinski definition) is 7. The number of nitrogens with zero attached hydrogens (tertiary/aromatic N) is 3. The van der Waals surface area contributed by atoms with E-state index in [0.29, 0.717) is 17.3 Å². The number of anilines is 2. The fourth-order valence-electron chi connectivity index (χ4n) is 2.85. The predicted octanol–water partition coefficient (Wildman–Crippen LogP) is 4.27. The van der Waals surface area contributed by atoms with Gasteiger partial charge in [0.15, 0.2) is 4.34 Å². The van der Waals surface area contributed by atoms with Crippen molar-refractivity contribution in [3.63, 3.8) is 0 Å². The molecule has 136 valence electrons. The maximum absolute atomic E-state index is 12.4. The number of benzene rings is 1. The van der Waals surface area contributed by atoms with Gasteiger partial charge in [-0.25, -0.2) is 0 Å². The number of carbonyl (C=O) groups excluding carboxylic acids is 1. The Bertz CT molecular complexity index is 795. The zero-order valence-electron chi connectivity index (χ0n) is 14.6. The monoisotopic (exact) mass is 387 g/mol. The molecule has 0 spiro atoms. The van der Waals surface area contributed by atoms with Gasteiger partial charge in [0.2, 0.25) is 11.0 Å². The fraction of sp³-hybridized carbons (Fsp3) is 0.444. The van der Waals surface area contributed by atoms with E-state index in [1.807, 2.05) is 6.92 Å². The first-order valence-corrected chi connectivity index (χ1v) is 10.4. The minimum atomic E-state index is -0.309. The number of aromatic nitrogens is 2. The van der Waals surface area contributed by atoms with Gasteiger partial charge in [-0.1, -0.05) is 48.4 Å². The lowest BCUT2D eigenvalue weighted by atomic mass is 9.96. The van der Waals surface area contributed by atoms with Crippen molar-refractivity contribution >= 4 is 39.8 Å². The van der Waals surface area contributed by atoms with E-state index in [2.05, 4.69) is 26.9 Å². The first kappa shape index (κ1) is 18.7. The molecule has 1 saturated carbocycles. The predicted molar refractivity (Wildman–Crippen MR) is 106 cm³/mol. The molecule has 2 N–H and O–H groups in total. The van der Waals surface area contributed by atoms with Crippen molar-refractivity contribution in [1.82, 2.24) is 10.2 Å². The van der Waals surface area contributed by atoms with E-state index in [1.54, 1.807) is 24.3 Å². The summed E-state index contributed by atoms with van der Waals surface area (Å²) in [6, 6.07) is 9.44. The first-order valence-electron chi connectivity index (χ1n) is 8.72. The Morgan fingerprint density at radius 1 is 1.35 bits per heavy atom. The highest BCUT2D eigenvalue weighted by atomic mass is 32.2. The number of carbonyl (C=O) groups is 1. The van der Waals surface area contributed by atoms with E-state index in [4.69, 9.17) is 5.26 Å². The Morgan fingerprint density at radius 3 is 2.92 bits per heavy atom. The van der Waals surface area contributed by atoms with E-state index in [9.17, 15) is 4.79 Å². The molecule has 3 rings (SSSR count). The van der Waals surface area contributed by atoms with Crippen LogP contribution < -0.4 is 10.6 Å². The summed E-state index contributed by atoms with van der Waals surface area (Å²) in [5, 5.41) is 24.1. The van der Waals surface area contributed by atoms with Gasteiger partial charge in [-0.3, -0.25) is 4.79 Å². The first-order chi connectivity index (χ1) is 12.6. The van der Waals surface area contributed by atoms with Crippen LogP contribution in [0.2, 0.25) is 0 Å². The highest BCUT2D eigenvalue weighted by Gasteiger charge is 2.19. The van der Waals surface area contributed by atoms with Crippen LogP contribution in [-0.4, -0.2) is 27.4 Å². The van der Waals surface area contributed by atoms with E-state index in [0.717, 1.165) is 9.47 Å². The Kier molecular flexibility index (Phi) is 6.47. The summed E-state index contributed by atoms with van der Waals surface area (Å²) in [5.41, 5.74) is 1.14.